The van der Waals surface area contributed by atoms with Crippen LogP contribution < -0.4 is 0 Å². The zero-order valence-electron chi connectivity index (χ0n) is 7.12. The van der Waals surface area contributed by atoms with Gasteiger partial charge in [0.15, 0.2) is 0 Å². The molecule has 0 bridgehead atoms. The molecule has 0 unspecified atom stereocenters. The molecule has 0 radical (unpaired) electrons. The van der Waals surface area contributed by atoms with Crippen LogP contribution in [0.4, 0.5) is 0 Å². The van der Waals surface area contributed by atoms with Crippen molar-refractivity contribution in [3.05, 3.63) is 34.3 Å². The first-order valence-corrected chi connectivity index (χ1v) is 4.15. The van der Waals surface area contributed by atoms with Crippen molar-refractivity contribution in [2.75, 3.05) is 6.61 Å². The maximum absolute atomic E-state index is 10.7. The average molecular weight is 211 g/mol. The highest BCUT2D eigenvalue weighted by Crippen LogP contribution is 2.15. The lowest BCUT2D eigenvalue weighted by Crippen LogP contribution is -1.99. The number of carboxylic acids is 1. The van der Waals surface area contributed by atoms with Gasteiger partial charge in [0.05, 0.1) is 5.56 Å². The number of rotatable bonds is 1. The highest BCUT2D eigenvalue weighted by Gasteiger charge is 2.08. The number of halogens is 1. The minimum Gasteiger partial charge on any atom is -0.478 e. The molecule has 0 saturated heterocycles. The summed E-state index contributed by atoms with van der Waals surface area (Å²) in [5.41, 5.74) is 0.384. The van der Waals surface area contributed by atoms with Crippen molar-refractivity contribution in [2.24, 2.45) is 0 Å². The van der Waals surface area contributed by atoms with Gasteiger partial charge < -0.3 is 10.2 Å². The number of aromatic carboxylic acids is 1. The second kappa shape index (κ2) is 4.66. The topological polar surface area (TPSA) is 57.5 Å². The number of carboxylic acid groups (broad SMARTS) is 1. The molecule has 0 spiro atoms. The fourth-order valence-corrected chi connectivity index (χ4v) is 1.11. The van der Waals surface area contributed by atoms with E-state index in [1.165, 1.54) is 12.1 Å². The lowest BCUT2D eigenvalue weighted by Gasteiger charge is -1.98. The summed E-state index contributed by atoms with van der Waals surface area (Å²) in [5.74, 6) is 3.82. The second-order valence-electron chi connectivity index (χ2n) is 2.45. The lowest BCUT2D eigenvalue weighted by atomic mass is 10.1. The molecule has 1 aromatic carbocycles. The Bertz CT molecular complexity index is 415. The second-order valence-corrected chi connectivity index (χ2v) is 2.89. The third kappa shape index (κ3) is 2.49. The van der Waals surface area contributed by atoms with E-state index in [0.29, 0.717) is 10.6 Å². The standard InChI is InChI=1S/C10H7ClO3/c11-8-4-3-7(2-1-5-12)9(6-8)10(13)14/h3-4,6,12H,5H2,(H,13,14). The van der Waals surface area contributed by atoms with E-state index in [4.69, 9.17) is 21.8 Å². The highest BCUT2D eigenvalue weighted by atomic mass is 35.5. The first-order chi connectivity index (χ1) is 6.65. The van der Waals surface area contributed by atoms with Crippen LogP contribution in [-0.4, -0.2) is 22.8 Å². The van der Waals surface area contributed by atoms with Gasteiger partial charge in [-0.1, -0.05) is 23.4 Å². The number of hydrogen-bond acceptors (Lipinski definition) is 2. The zero-order valence-corrected chi connectivity index (χ0v) is 7.88. The predicted octanol–water partition coefficient (Wildman–Crippen LogP) is 1.38. The van der Waals surface area contributed by atoms with E-state index in [-0.39, 0.29) is 12.2 Å². The quantitative estimate of drug-likeness (QED) is 0.689. The van der Waals surface area contributed by atoms with Crippen molar-refractivity contribution in [3.63, 3.8) is 0 Å². The van der Waals surface area contributed by atoms with Gasteiger partial charge in [-0.05, 0) is 18.2 Å². The Balaban J connectivity index is 3.22. The van der Waals surface area contributed by atoms with Crippen LogP contribution in [0.25, 0.3) is 0 Å². The number of hydrogen-bond donors (Lipinski definition) is 2. The maximum Gasteiger partial charge on any atom is 0.337 e. The summed E-state index contributed by atoms with van der Waals surface area (Å²) < 4.78 is 0. The third-order valence-electron chi connectivity index (χ3n) is 1.51. The molecule has 1 aromatic rings. The van der Waals surface area contributed by atoms with E-state index in [1.807, 2.05) is 0 Å². The molecule has 1 rings (SSSR count). The van der Waals surface area contributed by atoms with E-state index < -0.39 is 5.97 Å². The van der Waals surface area contributed by atoms with E-state index in [2.05, 4.69) is 11.8 Å². The number of aliphatic hydroxyl groups excluding tert-OH is 1. The third-order valence-corrected chi connectivity index (χ3v) is 1.75. The maximum atomic E-state index is 10.7. The summed E-state index contributed by atoms with van der Waals surface area (Å²) in [6.07, 6.45) is 0. The van der Waals surface area contributed by atoms with Crippen LogP contribution in [0.2, 0.25) is 5.02 Å². The zero-order chi connectivity index (χ0) is 10.6. The molecule has 0 aromatic heterocycles. The molecular formula is C10H7ClO3. The lowest BCUT2D eigenvalue weighted by molar-refractivity contribution is 0.0696. The van der Waals surface area contributed by atoms with Gasteiger partial charge >= 0.3 is 5.97 Å². The summed E-state index contributed by atoms with van der Waals surface area (Å²) in [5, 5.41) is 17.6. The first-order valence-electron chi connectivity index (χ1n) is 3.77. The average Bonchev–Trinajstić information content (AvgIpc) is 2.15. The largest absolute Gasteiger partial charge is 0.478 e. The summed E-state index contributed by atoms with van der Waals surface area (Å²) in [6.45, 7) is -0.304. The number of carbonyl (C=O) groups is 1. The molecule has 0 atom stereocenters. The number of benzene rings is 1. The van der Waals surface area contributed by atoms with Crippen molar-refractivity contribution >= 4 is 17.6 Å². The van der Waals surface area contributed by atoms with Crippen LogP contribution in [0.15, 0.2) is 18.2 Å². The van der Waals surface area contributed by atoms with Crippen LogP contribution >= 0.6 is 11.6 Å². The van der Waals surface area contributed by atoms with Crippen LogP contribution in [0.1, 0.15) is 15.9 Å². The molecule has 0 fully saturated rings. The first kappa shape index (κ1) is 10.6. The van der Waals surface area contributed by atoms with Crippen LogP contribution in [0, 0.1) is 11.8 Å². The molecule has 0 aliphatic carbocycles. The van der Waals surface area contributed by atoms with Gasteiger partial charge in [-0.2, -0.15) is 0 Å². The smallest absolute Gasteiger partial charge is 0.337 e. The molecule has 0 aliphatic rings. The molecule has 3 nitrogen and oxygen atoms in total. The monoisotopic (exact) mass is 210 g/mol. The summed E-state index contributed by atoms with van der Waals surface area (Å²) in [7, 11) is 0. The van der Waals surface area contributed by atoms with Gasteiger partial charge in [0.25, 0.3) is 0 Å². The van der Waals surface area contributed by atoms with E-state index in [9.17, 15) is 4.79 Å². The Labute approximate surface area is 85.9 Å². The van der Waals surface area contributed by atoms with Gasteiger partial charge in [0.1, 0.15) is 6.61 Å². The predicted molar refractivity (Wildman–Crippen MR) is 52.4 cm³/mol. The Morgan fingerprint density at radius 2 is 2.21 bits per heavy atom. The van der Waals surface area contributed by atoms with Crippen molar-refractivity contribution in [1.29, 1.82) is 0 Å². The van der Waals surface area contributed by atoms with Gasteiger partial charge in [-0.25, -0.2) is 4.79 Å². The Hall–Kier alpha value is -1.50. The van der Waals surface area contributed by atoms with Gasteiger partial charge in [-0.3, -0.25) is 0 Å². The minimum atomic E-state index is -1.09. The van der Waals surface area contributed by atoms with Crippen LogP contribution in [0.3, 0.4) is 0 Å². The molecular weight excluding hydrogens is 204 g/mol. The van der Waals surface area contributed by atoms with Crippen molar-refractivity contribution < 1.29 is 15.0 Å². The molecule has 4 heteroatoms. The van der Waals surface area contributed by atoms with Crippen molar-refractivity contribution in [1.82, 2.24) is 0 Å². The molecule has 0 heterocycles. The van der Waals surface area contributed by atoms with Gasteiger partial charge in [-0.15, -0.1) is 0 Å². The summed E-state index contributed by atoms with van der Waals surface area (Å²) in [4.78, 5) is 10.7. The summed E-state index contributed by atoms with van der Waals surface area (Å²) >= 11 is 5.63. The normalized spacial score (nSPS) is 9.00. The Morgan fingerprint density at radius 1 is 1.50 bits per heavy atom. The Kier molecular flexibility index (Phi) is 3.52. The fourth-order valence-electron chi connectivity index (χ4n) is 0.937. The molecule has 72 valence electrons. The minimum absolute atomic E-state index is 0.0402. The molecule has 0 aliphatic heterocycles. The van der Waals surface area contributed by atoms with E-state index in [1.54, 1.807) is 6.07 Å². The van der Waals surface area contributed by atoms with Crippen molar-refractivity contribution in [2.45, 2.75) is 0 Å². The van der Waals surface area contributed by atoms with Gasteiger partial charge in [0, 0.05) is 10.6 Å². The van der Waals surface area contributed by atoms with E-state index >= 15 is 0 Å². The van der Waals surface area contributed by atoms with Gasteiger partial charge in [0.2, 0.25) is 0 Å². The van der Waals surface area contributed by atoms with Crippen molar-refractivity contribution in [3.8, 4) is 11.8 Å². The molecule has 14 heavy (non-hydrogen) atoms. The Morgan fingerprint density at radius 3 is 2.79 bits per heavy atom. The summed E-state index contributed by atoms with van der Waals surface area (Å²) in [6, 6.07) is 4.38. The highest BCUT2D eigenvalue weighted by molar-refractivity contribution is 6.31. The molecule has 2 N–H and O–H groups in total. The fraction of sp³-hybridized carbons (Fsp3) is 0.100. The van der Waals surface area contributed by atoms with Crippen LogP contribution in [-0.2, 0) is 0 Å². The molecule has 0 saturated carbocycles. The van der Waals surface area contributed by atoms with Crippen LogP contribution in [0.5, 0.6) is 0 Å². The van der Waals surface area contributed by atoms with E-state index in [0.717, 1.165) is 0 Å². The molecule has 0 amide bonds. The SMILES string of the molecule is O=C(O)c1cc(Cl)ccc1C#CCO. The number of aliphatic hydroxyl groups is 1.